The molecule has 0 spiro atoms. The first-order valence-electron chi connectivity index (χ1n) is 6.08. The second-order valence-corrected chi connectivity index (χ2v) is 5.35. The molecule has 1 aliphatic rings. The van der Waals surface area contributed by atoms with E-state index in [-0.39, 0.29) is 22.8 Å². The zero-order chi connectivity index (χ0) is 15.1. The van der Waals surface area contributed by atoms with Gasteiger partial charge in [-0.3, -0.25) is 14.5 Å². The van der Waals surface area contributed by atoms with Crippen molar-refractivity contribution in [1.82, 2.24) is 0 Å². The predicted octanol–water partition coefficient (Wildman–Crippen LogP) is 3.86. The summed E-state index contributed by atoms with van der Waals surface area (Å²) in [4.78, 5) is 25.0. The molecule has 0 aromatic heterocycles. The van der Waals surface area contributed by atoms with Gasteiger partial charge >= 0.3 is 0 Å². The van der Waals surface area contributed by atoms with Crippen LogP contribution in [0.25, 0.3) is 0 Å². The minimum absolute atomic E-state index is 0.0106. The van der Waals surface area contributed by atoms with Crippen LogP contribution in [0.5, 0.6) is 0 Å². The first kappa shape index (κ1) is 14.0. The summed E-state index contributed by atoms with van der Waals surface area (Å²) in [6.07, 6.45) is 0. The molecule has 21 heavy (non-hydrogen) atoms. The number of halogens is 3. The molecule has 3 nitrogen and oxygen atoms in total. The molecule has 1 heterocycles. The number of ketones is 1. The van der Waals surface area contributed by atoms with E-state index in [4.69, 9.17) is 23.2 Å². The number of Topliss-reactive ketones (excluding diaryl/α,β-unsaturated/α-hetero) is 1. The number of fused-ring (bicyclic) bond motifs is 1. The molecule has 0 atom stereocenters. The molecule has 6 heteroatoms. The van der Waals surface area contributed by atoms with Gasteiger partial charge in [-0.05, 0) is 23.8 Å². The van der Waals surface area contributed by atoms with Crippen LogP contribution in [-0.2, 0) is 11.3 Å². The molecule has 1 aliphatic heterocycles. The number of carbonyl (C=O) groups excluding carboxylic acids is 2. The number of hydrogen-bond donors (Lipinski definition) is 0. The van der Waals surface area contributed by atoms with Gasteiger partial charge in [-0.15, -0.1) is 0 Å². The van der Waals surface area contributed by atoms with Gasteiger partial charge in [0, 0.05) is 0 Å². The second-order valence-electron chi connectivity index (χ2n) is 4.57. The Morgan fingerprint density at radius 2 is 1.76 bits per heavy atom. The molecule has 0 aliphatic carbocycles. The Kier molecular flexibility index (Phi) is 3.43. The summed E-state index contributed by atoms with van der Waals surface area (Å²) in [5.41, 5.74) is 0.600. The highest BCUT2D eigenvalue weighted by molar-refractivity contribution is 6.52. The van der Waals surface area contributed by atoms with E-state index in [1.54, 1.807) is 18.2 Å². The zero-order valence-corrected chi connectivity index (χ0v) is 12.1. The van der Waals surface area contributed by atoms with Gasteiger partial charge in [0.25, 0.3) is 11.7 Å². The number of hydrogen-bond acceptors (Lipinski definition) is 2. The highest BCUT2D eigenvalue weighted by atomic mass is 35.5. The van der Waals surface area contributed by atoms with Crippen molar-refractivity contribution >= 4 is 40.6 Å². The van der Waals surface area contributed by atoms with Crippen LogP contribution in [0, 0.1) is 5.82 Å². The monoisotopic (exact) mass is 323 g/mol. The maximum Gasteiger partial charge on any atom is 0.299 e. The maximum absolute atomic E-state index is 14.0. The first-order chi connectivity index (χ1) is 10.0. The fourth-order valence-corrected chi connectivity index (χ4v) is 2.68. The smallest absolute Gasteiger partial charge is 0.297 e. The van der Waals surface area contributed by atoms with Crippen molar-refractivity contribution in [3.63, 3.8) is 0 Å². The van der Waals surface area contributed by atoms with E-state index in [1.165, 1.54) is 18.2 Å². The third kappa shape index (κ3) is 2.20. The van der Waals surface area contributed by atoms with Crippen LogP contribution in [0.1, 0.15) is 15.9 Å². The number of anilines is 1. The summed E-state index contributed by atoms with van der Waals surface area (Å²) < 4.78 is 14.0. The van der Waals surface area contributed by atoms with E-state index in [0.717, 1.165) is 4.90 Å². The second kappa shape index (κ2) is 5.13. The van der Waals surface area contributed by atoms with E-state index >= 15 is 0 Å². The van der Waals surface area contributed by atoms with Gasteiger partial charge in [0.05, 0.1) is 27.8 Å². The summed E-state index contributed by atoms with van der Waals surface area (Å²) in [6.45, 7) is -0.0160. The van der Waals surface area contributed by atoms with Crippen LogP contribution in [0.15, 0.2) is 36.4 Å². The SMILES string of the molecule is O=C1C(=O)N(Cc2cccc(Cl)c2Cl)c2c(F)cccc21. The van der Waals surface area contributed by atoms with Crippen molar-refractivity contribution in [3.8, 4) is 0 Å². The van der Waals surface area contributed by atoms with Crippen molar-refractivity contribution in [2.24, 2.45) is 0 Å². The molecule has 3 rings (SSSR count). The third-order valence-corrected chi connectivity index (χ3v) is 4.16. The summed E-state index contributed by atoms with van der Waals surface area (Å²) in [5, 5.41) is 0.616. The lowest BCUT2D eigenvalue weighted by atomic mass is 10.1. The molecule has 0 radical (unpaired) electrons. The Morgan fingerprint density at radius 3 is 2.52 bits per heavy atom. The largest absolute Gasteiger partial charge is 0.299 e. The lowest BCUT2D eigenvalue weighted by Gasteiger charge is -2.18. The predicted molar refractivity (Wildman–Crippen MR) is 78.4 cm³/mol. The van der Waals surface area contributed by atoms with Gasteiger partial charge < -0.3 is 0 Å². The molecule has 2 aromatic rings. The number of rotatable bonds is 2. The van der Waals surface area contributed by atoms with Crippen molar-refractivity contribution < 1.29 is 14.0 Å². The highest BCUT2D eigenvalue weighted by Gasteiger charge is 2.38. The summed E-state index contributed by atoms with van der Waals surface area (Å²) in [7, 11) is 0. The average molecular weight is 324 g/mol. The van der Waals surface area contributed by atoms with Gasteiger partial charge in [0.2, 0.25) is 0 Å². The summed E-state index contributed by atoms with van der Waals surface area (Å²) in [5.74, 6) is -2.11. The van der Waals surface area contributed by atoms with E-state index < -0.39 is 17.5 Å². The van der Waals surface area contributed by atoms with Crippen LogP contribution in [0.3, 0.4) is 0 Å². The number of benzene rings is 2. The number of carbonyl (C=O) groups is 2. The summed E-state index contributed by atoms with van der Waals surface area (Å²) in [6, 6.07) is 8.99. The normalized spacial score (nSPS) is 13.8. The van der Waals surface area contributed by atoms with Crippen molar-refractivity contribution in [2.75, 3.05) is 4.90 Å². The average Bonchev–Trinajstić information content (AvgIpc) is 2.70. The Labute approximate surface area is 129 Å². The van der Waals surface area contributed by atoms with E-state index in [1.807, 2.05) is 0 Å². The molecule has 0 fully saturated rings. The van der Waals surface area contributed by atoms with Crippen molar-refractivity contribution in [2.45, 2.75) is 6.54 Å². The minimum atomic E-state index is -0.772. The molecule has 0 saturated carbocycles. The van der Waals surface area contributed by atoms with Crippen LogP contribution in [0.4, 0.5) is 10.1 Å². The molecular formula is C15H8Cl2FNO2. The van der Waals surface area contributed by atoms with Crippen molar-refractivity contribution in [1.29, 1.82) is 0 Å². The van der Waals surface area contributed by atoms with Crippen LogP contribution in [-0.4, -0.2) is 11.7 Å². The number of amides is 1. The minimum Gasteiger partial charge on any atom is -0.297 e. The van der Waals surface area contributed by atoms with Crippen LogP contribution in [0.2, 0.25) is 10.0 Å². The van der Waals surface area contributed by atoms with Crippen molar-refractivity contribution in [3.05, 3.63) is 63.4 Å². The molecule has 106 valence electrons. The molecule has 0 N–H and O–H groups in total. The lowest BCUT2D eigenvalue weighted by molar-refractivity contribution is -0.114. The Morgan fingerprint density at radius 1 is 1.05 bits per heavy atom. The molecular weight excluding hydrogens is 316 g/mol. The zero-order valence-electron chi connectivity index (χ0n) is 10.6. The van der Waals surface area contributed by atoms with Crippen LogP contribution >= 0.6 is 23.2 Å². The van der Waals surface area contributed by atoms with E-state index in [9.17, 15) is 14.0 Å². The van der Waals surface area contributed by atoms with Gasteiger partial charge in [0.1, 0.15) is 5.82 Å². The Balaban J connectivity index is 2.07. The molecule has 0 saturated heterocycles. The number of para-hydroxylation sites is 1. The van der Waals surface area contributed by atoms with E-state index in [0.29, 0.717) is 10.6 Å². The Hall–Kier alpha value is -1.91. The maximum atomic E-state index is 14.0. The Bertz CT molecular complexity index is 776. The third-order valence-electron chi connectivity index (χ3n) is 3.30. The highest BCUT2D eigenvalue weighted by Crippen LogP contribution is 2.34. The number of nitrogens with zero attached hydrogens (tertiary/aromatic N) is 1. The van der Waals surface area contributed by atoms with Gasteiger partial charge in [-0.2, -0.15) is 0 Å². The van der Waals surface area contributed by atoms with Gasteiger partial charge in [-0.1, -0.05) is 41.4 Å². The molecule has 0 bridgehead atoms. The fourth-order valence-electron chi connectivity index (χ4n) is 2.30. The molecule has 1 amide bonds. The van der Waals surface area contributed by atoms with Gasteiger partial charge in [-0.25, -0.2) is 4.39 Å². The van der Waals surface area contributed by atoms with E-state index in [2.05, 4.69) is 0 Å². The van der Waals surface area contributed by atoms with Crippen LogP contribution < -0.4 is 4.90 Å². The first-order valence-corrected chi connectivity index (χ1v) is 6.84. The lowest BCUT2D eigenvalue weighted by Crippen LogP contribution is -2.29. The standard InChI is InChI=1S/C15H8Cl2FNO2/c16-10-5-1-3-8(12(10)17)7-19-13-9(14(20)15(19)21)4-2-6-11(13)18/h1-6H,7H2. The summed E-state index contributed by atoms with van der Waals surface area (Å²) >= 11 is 12.0. The topological polar surface area (TPSA) is 37.4 Å². The molecule has 0 unspecified atom stereocenters. The van der Waals surface area contributed by atoms with Gasteiger partial charge in [0.15, 0.2) is 0 Å². The molecule has 2 aromatic carbocycles. The quantitative estimate of drug-likeness (QED) is 0.787. The fraction of sp³-hybridized carbons (Fsp3) is 0.0667.